The van der Waals surface area contributed by atoms with Crippen molar-refractivity contribution in [1.29, 1.82) is 0 Å². The van der Waals surface area contributed by atoms with Gasteiger partial charge in [-0.1, -0.05) is 23.3 Å². The van der Waals surface area contributed by atoms with Gasteiger partial charge in [-0.3, -0.25) is 0 Å². The lowest BCUT2D eigenvalue weighted by Gasteiger charge is -2.18. The van der Waals surface area contributed by atoms with Gasteiger partial charge in [-0.05, 0) is 0 Å². The minimum Gasteiger partial charge on any atom is -0.388 e. The van der Waals surface area contributed by atoms with E-state index in [2.05, 4.69) is 10.3 Å². The van der Waals surface area contributed by atoms with E-state index in [1.807, 2.05) is 17.7 Å². The zero-order valence-electron chi connectivity index (χ0n) is 8.57. The van der Waals surface area contributed by atoms with Crippen LogP contribution in [0.2, 0.25) is 5.15 Å². The molecule has 82 valence electrons. The molecule has 2 N–H and O–H groups in total. The third-order valence-corrected chi connectivity index (χ3v) is 2.90. The van der Waals surface area contributed by atoms with E-state index in [4.69, 9.17) is 11.6 Å². The molecule has 2 rings (SSSR count). The van der Waals surface area contributed by atoms with Crippen molar-refractivity contribution < 1.29 is 5.11 Å². The summed E-state index contributed by atoms with van der Waals surface area (Å²) < 4.78 is 1.85. The third-order valence-electron chi connectivity index (χ3n) is 2.55. The number of rotatable bonds is 2. The van der Waals surface area contributed by atoms with Crippen LogP contribution in [0.1, 0.15) is 5.82 Å². The summed E-state index contributed by atoms with van der Waals surface area (Å²) in [6.07, 6.45) is 3.88. The number of imidazole rings is 1. The fourth-order valence-electron chi connectivity index (χ4n) is 1.68. The van der Waals surface area contributed by atoms with Gasteiger partial charge in [-0.15, -0.1) is 0 Å². The molecule has 0 fully saturated rings. The van der Waals surface area contributed by atoms with E-state index >= 15 is 0 Å². The molecule has 2 heterocycles. The summed E-state index contributed by atoms with van der Waals surface area (Å²) in [6.45, 7) is 1.44. The van der Waals surface area contributed by atoms with Crippen molar-refractivity contribution in [3.8, 4) is 0 Å². The monoisotopic (exact) mass is 227 g/mol. The molecule has 4 nitrogen and oxygen atoms in total. The van der Waals surface area contributed by atoms with Crippen molar-refractivity contribution in [3.63, 3.8) is 0 Å². The quantitative estimate of drug-likeness (QED) is 0.724. The minimum absolute atomic E-state index is 0.385. The lowest BCUT2D eigenvalue weighted by molar-refractivity contribution is 0.212. The molecule has 0 spiro atoms. The van der Waals surface area contributed by atoms with Crippen molar-refractivity contribution in [3.05, 3.63) is 28.8 Å². The maximum atomic E-state index is 9.44. The van der Waals surface area contributed by atoms with E-state index in [0.29, 0.717) is 11.7 Å². The lowest BCUT2D eigenvalue weighted by Crippen LogP contribution is -2.33. The van der Waals surface area contributed by atoms with Crippen molar-refractivity contribution in [1.82, 2.24) is 14.9 Å². The van der Waals surface area contributed by atoms with Crippen LogP contribution < -0.4 is 5.32 Å². The van der Waals surface area contributed by atoms with Gasteiger partial charge in [0.2, 0.25) is 0 Å². The SMILES string of the molecule is Cn1c(Cl)cnc1CC1=CC(O)CNC1. The molecule has 0 aromatic carbocycles. The molecule has 1 unspecified atom stereocenters. The Morgan fingerprint density at radius 2 is 2.53 bits per heavy atom. The molecule has 0 saturated carbocycles. The van der Waals surface area contributed by atoms with Crippen LogP contribution in [0, 0.1) is 0 Å². The smallest absolute Gasteiger partial charge is 0.128 e. The van der Waals surface area contributed by atoms with E-state index in [-0.39, 0.29) is 6.10 Å². The summed E-state index contributed by atoms with van der Waals surface area (Å²) in [7, 11) is 1.89. The highest BCUT2D eigenvalue weighted by molar-refractivity contribution is 6.29. The Morgan fingerprint density at radius 1 is 1.73 bits per heavy atom. The van der Waals surface area contributed by atoms with Crippen LogP contribution in [-0.2, 0) is 13.5 Å². The predicted octanol–water partition coefficient (Wildman–Crippen LogP) is 0.506. The minimum atomic E-state index is -0.385. The van der Waals surface area contributed by atoms with Crippen LogP contribution in [0.4, 0.5) is 0 Å². The van der Waals surface area contributed by atoms with Gasteiger partial charge in [0.1, 0.15) is 11.0 Å². The Labute approximate surface area is 93.6 Å². The van der Waals surface area contributed by atoms with E-state index in [0.717, 1.165) is 24.4 Å². The largest absolute Gasteiger partial charge is 0.388 e. The number of aliphatic hydroxyl groups excluding tert-OH is 1. The van der Waals surface area contributed by atoms with E-state index in [1.54, 1.807) is 6.20 Å². The molecule has 5 heteroatoms. The van der Waals surface area contributed by atoms with Crippen molar-refractivity contribution in [2.45, 2.75) is 12.5 Å². The van der Waals surface area contributed by atoms with E-state index in [1.165, 1.54) is 0 Å². The molecule has 0 aliphatic carbocycles. The molecule has 15 heavy (non-hydrogen) atoms. The Morgan fingerprint density at radius 3 is 3.13 bits per heavy atom. The number of aliphatic hydroxyl groups is 1. The van der Waals surface area contributed by atoms with Crippen LogP contribution in [-0.4, -0.2) is 33.9 Å². The molecule has 1 aromatic rings. The highest BCUT2D eigenvalue weighted by atomic mass is 35.5. The number of halogens is 1. The van der Waals surface area contributed by atoms with Gasteiger partial charge in [0, 0.05) is 26.6 Å². The average Bonchev–Trinajstić information content (AvgIpc) is 2.50. The van der Waals surface area contributed by atoms with E-state index in [9.17, 15) is 5.11 Å². The summed E-state index contributed by atoms with van der Waals surface area (Å²) in [4.78, 5) is 4.22. The first-order chi connectivity index (χ1) is 7.16. The zero-order valence-corrected chi connectivity index (χ0v) is 9.33. The molecule has 0 radical (unpaired) electrons. The second kappa shape index (κ2) is 4.35. The van der Waals surface area contributed by atoms with Gasteiger partial charge in [0.25, 0.3) is 0 Å². The summed E-state index contributed by atoms with van der Waals surface area (Å²) >= 11 is 5.89. The molecule has 0 bridgehead atoms. The summed E-state index contributed by atoms with van der Waals surface area (Å²) in [5, 5.41) is 13.2. The standard InChI is InChI=1S/C10H14ClN3O/c1-14-9(11)6-13-10(14)3-7-2-8(15)5-12-4-7/h2,6,8,12,15H,3-5H2,1H3. The van der Waals surface area contributed by atoms with Gasteiger partial charge >= 0.3 is 0 Å². The molecule has 0 saturated heterocycles. The van der Waals surface area contributed by atoms with Gasteiger partial charge < -0.3 is 15.0 Å². The first-order valence-corrected chi connectivity index (χ1v) is 5.29. The van der Waals surface area contributed by atoms with Crippen molar-refractivity contribution in [2.24, 2.45) is 7.05 Å². The normalized spacial score (nSPS) is 21.5. The molecular weight excluding hydrogens is 214 g/mol. The average molecular weight is 228 g/mol. The summed E-state index contributed by atoms with van der Waals surface area (Å²) in [6, 6.07) is 0. The number of aromatic nitrogens is 2. The van der Waals surface area contributed by atoms with Crippen LogP contribution in [0.25, 0.3) is 0 Å². The maximum absolute atomic E-state index is 9.44. The highest BCUT2D eigenvalue weighted by Gasteiger charge is 2.13. The summed E-state index contributed by atoms with van der Waals surface area (Å²) in [5.41, 5.74) is 1.15. The Hall–Kier alpha value is -0.840. The zero-order chi connectivity index (χ0) is 10.8. The maximum Gasteiger partial charge on any atom is 0.128 e. The number of hydrogen-bond acceptors (Lipinski definition) is 3. The topological polar surface area (TPSA) is 50.1 Å². The van der Waals surface area contributed by atoms with E-state index < -0.39 is 0 Å². The fraction of sp³-hybridized carbons (Fsp3) is 0.500. The van der Waals surface area contributed by atoms with Gasteiger partial charge in [0.05, 0.1) is 12.3 Å². The molecular formula is C10H14ClN3O. The highest BCUT2D eigenvalue weighted by Crippen LogP contribution is 2.14. The Kier molecular flexibility index (Phi) is 3.09. The van der Waals surface area contributed by atoms with Crippen LogP contribution in [0.15, 0.2) is 17.8 Å². The van der Waals surface area contributed by atoms with Crippen molar-refractivity contribution >= 4 is 11.6 Å². The molecule has 0 amide bonds. The second-order valence-electron chi connectivity index (χ2n) is 3.76. The predicted molar refractivity (Wildman–Crippen MR) is 58.9 cm³/mol. The van der Waals surface area contributed by atoms with Crippen molar-refractivity contribution in [2.75, 3.05) is 13.1 Å². The number of nitrogens with one attached hydrogen (secondary N) is 1. The van der Waals surface area contributed by atoms with Gasteiger partial charge in [-0.25, -0.2) is 4.98 Å². The second-order valence-corrected chi connectivity index (χ2v) is 4.14. The first kappa shape index (κ1) is 10.7. The molecule has 1 aromatic heterocycles. The first-order valence-electron chi connectivity index (χ1n) is 4.91. The van der Waals surface area contributed by atoms with Gasteiger partial charge in [0.15, 0.2) is 0 Å². The van der Waals surface area contributed by atoms with Crippen LogP contribution in [0.3, 0.4) is 0 Å². The Bertz CT molecular complexity index is 386. The number of nitrogens with zero attached hydrogens (tertiary/aromatic N) is 2. The lowest BCUT2D eigenvalue weighted by atomic mass is 10.1. The fourth-order valence-corrected chi connectivity index (χ4v) is 1.83. The molecule has 1 atom stereocenters. The third kappa shape index (κ3) is 2.40. The molecule has 1 aliphatic heterocycles. The number of β-amino-alcohol motifs (C(OH)–C–C–N with tert-alkyl or cyclic N) is 1. The molecule has 1 aliphatic rings. The number of hydrogen-bond donors (Lipinski definition) is 2. The van der Waals surface area contributed by atoms with Crippen LogP contribution in [0.5, 0.6) is 0 Å². The van der Waals surface area contributed by atoms with Crippen LogP contribution >= 0.6 is 11.6 Å². The Balaban J connectivity index is 2.12. The van der Waals surface area contributed by atoms with Gasteiger partial charge in [-0.2, -0.15) is 0 Å². The summed E-state index contributed by atoms with van der Waals surface area (Å²) in [5.74, 6) is 0.919.